The number of carbonyl (C=O) groups excluding carboxylic acids is 1. The maximum absolute atomic E-state index is 14.9. The molecule has 0 fully saturated rings. The highest BCUT2D eigenvalue weighted by Gasteiger charge is 2.21. The van der Waals surface area contributed by atoms with E-state index in [9.17, 15) is 9.18 Å². The number of carbonyl (C=O) groups is 1. The fourth-order valence-corrected chi connectivity index (χ4v) is 4.23. The molecule has 0 amide bonds. The maximum atomic E-state index is 14.9. The number of allylic oxidation sites excluding steroid dienone is 2. The zero-order valence-corrected chi connectivity index (χ0v) is 22.6. The Balaban J connectivity index is 1.83. The van der Waals surface area contributed by atoms with Crippen LogP contribution in [0.15, 0.2) is 72.8 Å². The zero-order valence-electron chi connectivity index (χ0n) is 22.6. The second kappa shape index (κ2) is 12.6. The van der Waals surface area contributed by atoms with Gasteiger partial charge in [0.2, 0.25) is 0 Å². The monoisotopic (exact) mass is 504 g/mol. The van der Waals surface area contributed by atoms with Gasteiger partial charge in [0.25, 0.3) is 0 Å². The second-order valence-electron chi connectivity index (χ2n) is 10.1. The fraction of sp³-hybridized carbons (Fsp3) is 0.344. The van der Waals surface area contributed by atoms with Crippen molar-refractivity contribution in [2.75, 3.05) is 14.2 Å². The quantitative estimate of drug-likeness (QED) is 0.207. The number of hydrogen-bond donors (Lipinski definition) is 0. The Morgan fingerprint density at radius 1 is 0.946 bits per heavy atom. The molecule has 196 valence electrons. The summed E-state index contributed by atoms with van der Waals surface area (Å²) < 4.78 is 31.2. The summed E-state index contributed by atoms with van der Waals surface area (Å²) in [7, 11) is 2.98. The minimum atomic E-state index is -0.293. The van der Waals surface area contributed by atoms with Crippen molar-refractivity contribution in [1.29, 1.82) is 0 Å². The van der Waals surface area contributed by atoms with E-state index in [2.05, 4.69) is 33.8 Å². The van der Waals surface area contributed by atoms with Crippen LogP contribution in [0.2, 0.25) is 0 Å². The Labute approximate surface area is 220 Å². The lowest BCUT2D eigenvalue weighted by molar-refractivity contribution is -0.140. The predicted octanol–water partition coefficient (Wildman–Crippen LogP) is 7.99. The third-order valence-electron chi connectivity index (χ3n) is 6.29. The van der Waals surface area contributed by atoms with Crippen LogP contribution in [0, 0.1) is 5.82 Å². The van der Waals surface area contributed by atoms with Gasteiger partial charge in [0.1, 0.15) is 23.9 Å². The molecule has 37 heavy (non-hydrogen) atoms. The van der Waals surface area contributed by atoms with E-state index in [4.69, 9.17) is 14.2 Å². The number of hydrogen-bond acceptors (Lipinski definition) is 4. The lowest BCUT2D eigenvalue weighted by Crippen LogP contribution is -2.13. The van der Waals surface area contributed by atoms with Gasteiger partial charge in [0, 0.05) is 11.5 Å². The average Bonchev–Trinajstić information content (AvgIpc) is 2.89. The lowest BCUT2D eigenvalue weighted by Gasteiger charge is -2.24. The van der Waals surface area contributed by atoms with E-state index in [0.29, 0.717) is 23.7 Å². The number of benzene rings is 3. The van der Waals surface area contributed by atoms with Crippen LogP contribution in [0.3, 0.4) is 0 Å². The summed E-state index contributed by atoms with van der Waals surface area (Å²) in [6.07, 6.45) is 5.29. The molecule has 0 saturated carbocycles. The molecule has 0 N–H and O–H groups in total. The van der Waals surface area contributed by atoms with E-state index < -0.39 is 0 Å². The van der Waals surface area contributed by atoms with Crippen molar-refractivity contribution < 1.29 is 23.4 Å². The Hall–Kier alpha value is -3.60. The van der Waals surface area contributed by atoms with E-state index in [-0.39, 0.29) is 29.5 Å². The van der Waals surface area contributed by atoms with Crippen LogP contribution < -0.4 is 9.47 Å². The van der Waals surface area contributed by atoms with Gasteiger partial charge in [-0.25, -0.2) is 4.39 Å². The third kappa shape index (κ3) is 7.45. The van der Waals surface area contributed by atoms with Gasteiger partial charge in [-0.05, 0) is 70.5 Å². The van der Waals surface area contributed by atoms with Gasteiger partial charge in [0.05, 0.1) is 20.6 Å². The van der Waals surface area contributed by atoms with E-state index in [1.54, 1.807) is 19.2 Å². The minimum absolute atomic E-state index is 0.0493. The maximum Gasteiger partial charge on any atom is 0.306 e. The second-order valence-corrected chi connectivity index (χ2v) is 10.1. The van der Waals surface area contributed by atoms with E-state index in [1.165, 1.54) is 13.2 Å². The zero-order chi connectivity index (χ0) is 27.0. The van der Waals surface area contributed by atoms with Gasteiger partial charge < -0.3 is 14.2 Å². The summed E-state index contributed by atoms with van der Waals surface area (Å²) in [5, 5.41) is 0. The van der Waals surface area contributed by atoms with E-state index in [1.807, 2.05) is 48.5 Å². The first-order valence-corrected chi connectivity index (χ1v) is 12.6. The molecule has 3 rings (SSSR count). The summed E-state index contributed by atoms with van der Waals surface area (Å²) in [5.74, 6) is 0.740. The van der Waals surface area contributed by atoms with Gasteiger partial charge in [0.15, 0.2) is 0 Å². The summed E-state index contributed by atoms with van der Waals surface area (Å²) in [6, 6.07) is 18.6. The molecule has 0 bridgehead atoms. The number of methoxy groups -OCH3 is 2. The molecular formula is C32H37FO4. The predicted molar refractivity (Wildman–Crippen MR) is 147 cm³/mol. The Kier molecular flexibility index (Phi) is 9.51. The normalized spacial score (nSPS) is 12.4. The largest absolute Gasteiger partial charge is 0.497 e. The SMILES string of the molecule is CC/C=C\[C@H](CC(=O)OC)c1ccc(OCc2ccc(C(C)(C)C)c(-c3cc(OC)ccc3F)c2)cc1. The first-order chi connectivity index (χ1) is 17.7. The summed E-state index contributed by atoms with van der Waals surface area (Å²) in [4.78, 5) is 11.8. The minimum Gasteiger partial charge on any atom is -0.497 e. The Bertz CT molecular complexity index is 1220. The van der Waals surface area contributed by atoms with Gasteiger partial charge in [-0.1, -0.05) is 64.1 Å². The number of ether oxygens (including phenoxy) is 3. The molecule has 0 aliphatic heterocycles. The molecule has 3 aromatic carbocycles. The van der Waals surface area contributed by atoms with Crippen molar-refractivity contribution in [1.82, 2.24) is 0 Å². The molecule has 0 aliphatic carbocycles. The summed E-state index contributed by atoms with van der Waals surface area (Å²) in [5.41, 5.74) is 4.16. The van der Waals surface area contributed by atoms with Gasteiger partial charge >= 0.3 is 5.97 Å². The Morgan fingerprint density at radius 3 is 2.27 bits per heavy atom. The topological polar surface area (TPSA) is 44.8 Å². The van der Waals surface area contributed by atoms with Crippen LogP contribution in [-0.4, -0.2) is 20.2 Å². The first kappa shape index (κ1) is 28.0. The van der Waals surface area contributed by atoms with Crippen LogP contribution in [0.5, 0.6) is 11.5 Å². The van der Waals surface area contributed by atoms with E-state index in [0.717, 1.165) is 28.7 Å². The molecule has 5 heteroatoms. The molecule has 0 unspecified atom stereocenters. The molecule has 0 spiro atoms. The number of esters is 1. The molecule has 1 atom stereocenters. The first-order valence-electron chi connectivity index (χ1n) is 12.6. The molecule has 3 aromatic rings. The summed E-state index contributed by atoms with van der Waals surface area (Å²) >= 11 is 0. The highest BCUT2D eigenvalue weighted by atomic mass is 19.1. The van der Waals surface area contributed by atoms with Crippen LogP contribution in [0.1, 0.15) is 63.1 Å². The van der Waals surface area contributed by atoms with Crippen molar-refractivity contribution in [2.45, 2.75) is 58.5 Å². The van der Waals surface area contributed by atoms with Crippen molar-refractivity contribution in [3.63, 3.8) is 0 Å². The lowest BCUT2D eigenvalue weighted by atomic mass is 9.81. The molecular weight excluding hydrogens is 467 g/mol. The third-order valence-corrected chi connectivity index (χ3v) is 6.29. The van der Waals surface area contributed by atoms with Crippen molar-refractivity contribution in [3.05, 3.63) is 95.3 Å². The van der Waals surface area contributed by atoms with E-state index >= 15 is 0 Å². The number of halogens is 1. The van der Waals surface area contributed by atoms with Crippen LogP contribution in [0.4, 0.5) is 4.39 Å². The molecule has 0 aliphatic rings. The van der Waals surface area contributed by atoms with Gasteiger partial charge in [-0.15, -0.1) is 0 Å². The highest BCUT2D eigenvalue weighted by Crippen LogP contribution is 2.37. The standard InChI is InChI=1S/C32H37FO4/c1-7-8-9-24(19-31(34)36-6)23-11-13-25(14-12-23)37-21-22-10-16-29(32(2,3)4)27(18-22)28-20-26(35-5)15-17-30(28)33/h8-18,20,24H,7,19,21H2,1-6H3/b9-8-/t24-/m1/s1. The fourth-order valence-electron chi connectivity index (χ4n) is 4.23. The Morgan fingerprint density at radius 2 is 1.65 bits per heavy atom. The smallest absolute Gasteiger partial charge is 0.306 e. The van der Waals surface area contributed by atoms with Crippen molar-refractivity contribution >= 4 is 5.97 Å². The van der Waals surface area contributed by atoms with Gasteiger partial charge in [-0.2, -0.15) is 0 Å². The molecule has 0 heterocycles. The van der Waals surface area contributed by atoms with Crippen LogP contribution in [0.25, 0.3) is 11.1 Å². The molecule has 0 aromatic heterocycles. The summed E-state index contributed by atoms with van der Waals surface area (Å²) in [6.45, 7) is 8.74. The molecule has 0 radical (unpaired) electrons. The molecule has 0 saturated heterocycles. The molecule has 4 nitrogen and oxygen atoms in total. The van der Waals surface area contributed by atoms with Crippen molar-refractivity contribution in [2.24, 2.45) is 0 Å². The van der Waals surface area contributed by atoms with Crippen LogP contribution in [-0.2, 0) is 21.6 Å². The number of rotatable bonds is 10. The van der Waals surface area contributed by atoms with Crippen molar-refractivity contribution in [3.8, 4) is 22.6 Å². The highest BCUT2D eigenvalue weighted by molar-refractivity contribution is 5.72. The average molecular weight is 505 g/mol. The van der Waals surface area contributed by atoms with Gasteiger partial charge in [-0.3, -0.25) is 4.79 Å². The van der Waals surface area contributed by atoms with Crippen LogP contribution >= 0.6 is 0 Å².